The number of amides is 1. The quantitative estimate of drug-likeness (QED) is 0.756. The van der Waals surface area contributed by atoms with Crippen molar-refractivity contribution in [1.82, 2.24) is 4.90 Å². The molecule has 1 heterocycles. The van der Waals surface area contributed by atoms with E-state index in [2.05, 4.69) is 0 Å². The molecule has 1 unspecified atom stereocenters. The lowest BCUT2D eigenvalue weighted by atomic mass is 10.1. The molecule has 6 nitrogen and oxygen atoms in total. The average molecular weight is 259 g/mol. The third kappa shape index (κ3) is 3.13. The zero-order chi connectivity index (χ0) is 14.0. The first-order valence-electron chi connectivity index (χ1n) is 6.11. The van der Waals surface area contributed by atoms with Gasteiger partial charge < -0.3 is 14.6 Å². The molecule has 18 heavy (non-hydrogen) atoms. The van der Waals surface area contributed by atoms with E-state index >= 15 is 0 Å². The van der Waals surface area contributed by atoms with Crippen molar-refractivity contribution in [3.8, 4) is 0 Å². The molecule has 1 N–H and O–H groups in total. The topological polar surface area (TPSA) is 76.1 Å². The Balaban J connectivity index is 2.81. The molecule has 0 aromatic heterocycles. The molecule has 1 aliphatic rings. The van der Waals surface area contributed by atoms with Gasteiger partial charge in [-0.05, 0) is 34.1 Å². The van der Waals surface area contributed by atoms with E-state index in [4.69, 9.17) is 9.47 Å². The molecule has 1 fully saturated rings. The van der Waals surface area contributed by atoms with Crippen molar-refractivity contribution in [2.75, 3.05) is 13.2 Å². The fraction of sp³-hybridized carbons (Fsp3) is 0.833. The highest BCUT2D eigenvalue weighted by Gasteiger charge is 2.51. The van der Waals surface area contributed by atoms with Crippen molar-refractivity contribution in [2.24, 2.45) is 0 Å². The van der Waals surface area contributed by atoms with Gasteiger partial charge in [0, 0.05) is 13.0 Å². The maximum absolute atomic E-state index is 11.9. The van der Waals surface area contributed by atoms with Gasteiger partial charge in [0.15, 0.2) is 0 Å². The summed E-state index contributed by atoms with van der Waals surface area (Å²) >= 11 is 0. The van der Waals surface area contributed by atoms with E-state index in [0.717, 1.165) is 4.90 Å². The maximum Gasteiger partial charge on any atom is 0.413 e. The number of carbonyl (C=O) groups excluding carboxylic acids is 2. The van der Waals surface area contributed by atoms with Crippen molar-refractivity contribution >= 4 is 12.1 Å². The number of likely N-dealkylation sites (tertiary alicyclic amines) is 1. The van der Waals surface area contributed by atoms with Gasteiger partial charge in [0.2, 0.25) is 5.72 Å². The van der Waals surface area contributed by atoms with E-state index in [1.165, 1.54) is 0 Å². The van der Waals surface area contributed by atoms with E-state index in [9.17, 15) is 14.7 Å². The average Bonchev–Trinajstić information content (AvgIpc) is 2.59. The van der Waals surface area contributed by atoms with Crippen LogP contribution >= 0.6 is 0 Å². The molecule has 0 spiro atoms. The van der Waals surface area contributed by atoms with Crippen molar-refractivity contribution in [3.05, 3.63) is 0 Å². The Morgan fingerprint density at radius 2 is 2.00 bits per heavy atom. The van der Waals surface area contributed by atoms with Crippen molar-refractivity contribution in [3.63, 3.8) is 0 Å². The summed E-state index contributed by atoms with van der Waals surface area (Å²) in [5.41, 5.74) is -2.56. The van der Waals surface area contributed by atoms with Crippen LogP contribution in [0.3, 0.4) is 0 Å². The van der Waals surface area contributed by atoms with Gasteiger partial charge in [-0.1, -0.05) is 0 Å². The Bertz CT molecular complexity index is 336. The number of hydrogen-bond acceptors (Lipinski definition) is 5. The molecule has 104 valence electrons. The van der Waals surface area contributed by atoms with Gasteiger partial charge in [-0.25, -0.2) is 9.59 Å². The highest BCUT2D eigenvalue weighted by molar-refractivity contribution is 5.84. The molecule has 0 saturated carbocycles. The molecule has 0 aliphatic carbocycles. The summed E-state index contributed by atoms with van der Waals surface area (Å²) in [5, 5.41) is 10.3. The Morgan fingerprint density at radius 3 is 2.50 bits per heavy atom. The lowest BCUT2D eigenvalue weighted by Gasteiger charge is -2.32. The molecular formula is C12H21NO5. The van der Waals surface area contributed by atoms with Crippen LogP contribution in [0.1, 0.15) is 40.5 Å². The van der Waals surface area contributed by atoms with Crippen LogP contribution in [0.5, 0.6) is 0 Å². The molecule has 1 aliphatic heterocycles. The first-order chi connectivity index (χ1) is 8.20. The highest BCUT2D eigenvalue weighted by Crippen LogP contribution is 2.29. The van der Waals surface area contributed by atoms with Crippen molar-refractivity contribution in [2.45, 2.75) is 51.9 Å². The summed E-state index contributed by atoms with van der Waals surface area (Å²) in [7, 11) is 0. The monoisotopic (exact) mass is 259 g/mol. The van der Waals surface area contributed by atoms with E-state index < -0.39 is 23.4 Å². The third-order valence-electron chi connectivity index (χ3n) is 2.57. The zero-order valence-corrected chi connectivity index (χ0v) is 11.4. The van der Waals surface area contributed by atoms with Crippen LogP contribution < -0.4 is 0 Å². The molecule has 1 rings (SSSR count). The number of aliphatic hydroxyl groups is 1. The summed E-state index contributed by atoms with van der Waals surface area (Å²) in [5.74, 6) is -0.798. The fourth-order valence-corrected chi connectivity index (χ4v) is 1.82. The van der Waals surface area contributed by atoms with Gasteiger partial charge in [-0.3, -0.25) is 4.90 Å². The van der Waals surface area contributed by atoms with Crippen LogP contribution in [0.15, 0.2) is 0 Å². The molecular weight excluding hydrogens is 238 g/mol. The summed E-state index contributed by atoms with van der Waals surface area (Å²) in [6.45, 7) is 7.26. The predicted molar refractivity (Wildman–Crippen MR) is 63.8 cm³/mol. The summed E-state index contributed by atoms with van der Waals surface area (Å²) in [6, 6.07) is 0. The lowest BCUT2D eigenvalue weighted by Crippen LogP contribution is -2.54. The molecule has 6 heteroatoms. The molecule has 0 radical (unpaired) electrons. The molecule has 0 bridgehead atoms. The molecule has 1 saturated heterocycles. The van der Waals surface area contributed by atoms with E-state index in [-0.39, 0.29) is 19.6 Å². The van der Waals surface area contributed by atoms with Gasteiger partial charge in [-0.15, -0.1) is 0 Å². The molecule has 1 atom stereocenters. The van der Waals surface area contributed by atoms with E-state index in [1.807, 2.05) is 0 Å². The minimum atomic E-state index is -1.89. The lowest BCUT2D eigenvalue weighted by molar-refractivity contribution is -0.180. The largest absolute Gasteiger partial charge is 0.462 e. The second-order valence-corrected chi connectivity index (χ2v) is 5.27. The van der Waals surface area contributed by atoms with Crippen molar-refractivity contribution in [1.29, 1.82) is 0 Å². The number of carbonyl (C=O) groups is 2. The van der Waals surface area contributed by atoms with Crippen LogP contribution in [0, 0.1) is 0 Å². The number of rotatable bonds is 2. The van der Waals surface area contributed by atoms with Crippen LogP contribution in [0.4, 0.5) is 4.79 Å². The Hall–Kier alpha value is -1.30. The standard InChI is InChI=1S/C12H21NO5/c1-5-17-9(14)12(16)7-6-8-13(12)10(15)18-11(2,3)4/h16H,5-8H2,1-4H3. The second-order valence-electron chi connectivity index (χ2n) is 5.27. The summed E-state index contributed by atoms with van der Waals surface area (Å²) in [6.07, 6.45) is 0.00941. The highest BCUT2D eigenvalue weighted by atomic mass is 16.6. The van der Waals surface area contributed by atoms with Crippen LogP contribution in [-0.2, 0) is 14.3 Å². The van der Waals surface area contributed by atoms with Crippen molar-refractivity contribution < 1.29 is 24.2 Å². The SMILES string of the molecule is CCOC(=O)C1(O)CCCN1C(=O)OC(C)(C)C. The van der Waals surface area contributed by atoms with Crippen LogP contribution in [0.2, 0.25) is 0 Å². The third-order valence-corrected chi connectivity index (χ3v) is 2.57. The minimum Gasteiger partial charge on any atom is -0.462 e. The number of hydrogen-bond donors (Lipinski definition) is 1. The van der Waals surface area contributed by atoms with Gasteiger partial charge >= 0.3 is 12.1 Å². The van der Waals surface area contributed by atoms with E-state index in [1.54, 1.807) is 27.7 Å². The van der Waals surface area contributed by atoms with E-state index in [0.29, 0.717) is 6.42 Å². The summed E-state index contributed by atoms with van der Waals surface area (Å²) < 4.78 is 9.97. The number of nitrogens with zero attached hydrogens (tertiary/aromatic N) is 1. The first kappa shape index (κ1) is 14.8. The second kappa shape index (κ2) is 5.14. The number of ether oxygens (including phenoxy) is 2. The fourth-order valence-electron chi connectivity index (χ4n) is 1.82. The Morgan fingerprint density at radius 1 is 1.39 bits per heavy atom. The zero-order valence-electron chi connectivity index (χ0n) is 11.4. The summed E-state index contributed by atoms with van der Waals surface area (Å²) in [4.78, 5) is 24.7. The van der Waals surface area contributed by atoms with Crippen LogP contribution in [-0.4, -0.2) is 46.5 Å². The Labute approximate surface area is 107 Å². The number of esters is 1. The molecule has 0 aromatic carbocycles. The maximum atomic E-state index is 11.9. The van der Waals surface area contributed by atoms with Gasteiger partial charge in [0.05, 0.1) is 6.61 Å². The Kier molecular flexibility index (Phi) is 4.21. The smallest absolute Gasteiger partial charge is 0.413 e. The van der Waals surface area contributed by atoms with Gasteiger partial charge in [-0.2, -0.15) is 0 Å². The van der Waals surface area contributed by atoms with Crippen LogP contribution in [0.25, 0.3) is 0 Å². The first-order valence-corrected chi connectivity index (χ1v) is 6.11. The van der Waals surface area contributed by atoms with Gasteiger partial charge in [0.1, 0.15) is 5.60 Å². The van der Waals surface area contributed by atoms with Gasteiger partial charge in [0.25, 0.3) is 0 Å². The molecule has 0 aromatic rings. The minimum absolute atomic E-state index is 0.156. The predicted octanol–water partition coefficient (Wildman–Crippen LogP) is 1.27. The normalized spacial score (nSPS) is 23.9. The molecule has 1 amide bonds.